The predicted molar refractivity (Wildman–Crippen MR) is 115 cm³/mol. The van der Waals surface area contributed by atoms with Crippen LogP contribution in [0.25, 0.3) is 16.7 Å². The molecule has 1 aliphatic heterocycles. The van der Waals surface area contributed by atoms with Crippen LogP contribution in [0.1, 0.15) is 51.3 Å². The molecule has 31 heavy (non-hydrogen) atoms. The van der Waals surface area contributed by atoms with Crippen LogP contribution in [0.15, 0.2) is 42.2 Å². The second-order valence-electron chi connectivity index (χ2n) is 8.59. The van der Waals surface area contributed by atoms with Gasteiger partial charge in [-0.05, 0) is 74.6 Å². The van der Waals surface area contributed by atoms with Gasteiger partial charge in [-0.25, -0.2) is 0 Å². The fourth-order valence-electron chi connectivity index (χ4n) is 3.91. The molecular weight excluding hydrogens is 429 g/mol. The molecule has 0 aromatic heterocycles. The van der Waals surface area contributed by atoms with Crippen LogP contribution >= 0.6 is 11.6 Å². The Bertz CT molecular complexity index is 1080. The number of rotatable bonds is 3. The largest absolute Gasteiger partial charge is 0.508 e. The number of carbonyl (C=O) groups excluding carboxylic acids is 1. The van der Waals surface area contributed by atoms with Crippen LogP contribution in [0, 0.1) is 0 Å². The molecule has 0 bridgehead atoms. The van der Waals surface area contributed by atoms with Crippen molar-refractivity contribution in [3.05, 3.63) is 63.9 Å². The highest BCUT2D eigenvalue weighted by Gasteiger charge is 2.47. The molecule has 1 heterocycles. The summed E-state index contributed by atoms with van der Waals surface area (Å²) in [6.07, 6.45) is -4.03. The third kappa shape index (κ3) is 4.23. The Morgan fingerprint density at radius 3 is 2.16 bits per heavy atom. The number of Topliss-reactive ketones (excluding diaryl/α,β-unsaturated/α-hetero) is 1. The summed E-state index contributed by atoms with van der Waals surface area (Å²) in [6, 6.07) is 8.79. The first-order valence-electron chi connectivity index (χ1n) is 9.88. The Morgan fingerprint density at radius 2 is 1.58 bits per heavy atom. The molecule has 1 N–H and O–H groups in total. The number of benzene rings is 2. The Balaban J connectivity index is 2.25. The number of hydrogen-bond acceptors (Lipinski definition) is 3. The van der Waals surface area contributed by atoms with Crippen molar-refractivity contribution in [2.24, 2.45) is 0 Å². The first-order chi connectivity index (χ1) is 14.2. The summed E-state index contributed by atoms with van der Waals surface area (Å²) < 4.78 is 45.8. The van der Waals surface area contributed by atoms with E-state index in [4.69, 9.17) is 16.3 Å². The molecule has 0 saturated heterocycles. The minimum Gasteiger partial charge on any atom is -0.508 e. The number of aryl methyl sites for hydroxylation is 1. The summed E-state index contributed by atoms with van der Waals surface area (Å²) in [5, 5.41) is 10.5. The number of alkyl halides is 3. The fraction of sp³-hybridized carbons (Fsp3) is 0.375. The van der Waals surface area contributed by atoms with Gasteiger partial charge in [0.05, 0.1) is 16.2 Å². The average Bonchev–Trinajstić information content (AvgIpc) is 2.65. The van der Waals surface area contributed by atoms with E-state index in [9.17, 15) is 23.1 Å². The summed E-state index contributed by atoms with van der Waals surface area (Å²) in [5.74, 6) is -0.584. The van der Waals surface area contributed by atoms with Crippen LogP contribution in [0.4, 0.5) is 13.2 Å². The number of hydrogen-bond donors (Lipinski definition) is 1. The highest BCUT2D eigenvalue weighted by Crippen LogP contribution is 2.42. The molecule has 3 nitrogen and oxygen atoms in total. The zero-order valence-corrected chi connectivity index (χ0v) is 18.7. The van der Waals surface area contributed by atoms with Crippen molar-refractivity contribution in [1.29, 1.82) is 0 Å². The summed E-state index contributed by atoms with van der Waals surface area (Å²) in [6.45, 7) is 8.50. The van der Waals surface area contributed by atoms with Gasteiger partial charge in [-0.1, -0.05) is 36.7 Å². The van der Waals surface area contributed by atoms with Crippen molar-refractivity contribution in [3.8, 4) is 11.1 Å². The first-order valence-corrected chi connectivity index (χ1v) is 10.3. The quantitative estimate of drug-likeness (QED) is 0.544. The summed E-state index contributed by atoms with van der Waals surface area (Å²) in [7, 11) is 0. The minimum atomic E-state index is -4.59. The number of ether oxygens (including phenoxy) is 1. The van der Waals surface area contributed by atoms with Crippen LogP contribution in [-0.2, 0) is 22.1 Å². The predicted octanol–water partition coefficient (Wildman–Crippen LogP) is 7.01. The summed E-state index contributed by atoms with van der Waals surface area (Å²) in [4.78, 5) is 13.2. The monoisotopic (exact) mass is 452 g/mol. The maximum Gasteiger partial charge on any atom is 0.417 e. The van der Waals surface area contributed by atoms with Gasteiger partial charge in [-0.3, -0.25) is 4.79 Å². The van der Waals surface area contributed by atoms with E-state index in [0.29, 0.717) is 23.1 Å². The van der Waals surface area contributed by atoms with E-state index in [-0.39, 0.29) is 22.1 Å². The molecule has 2 aromatic carbocycles. The third-order valence-electron chi connectivity index (χ3n) is 5.46. The van der Waals surface area contributed by atoms with Crippen LogP contribution in [-0.4, -0.2) is 22.1 Å². The number of carbonyl (C=O) groups is 1. The highest BCUT2D eigenvalue weighted by atomic mass is 35.5. The van der Waals surface area contributed by atoms with Crippen molar-refractivity contribution >= 4 is 23.0 Å². The normalized spacial score (nSPS) is 18.4. The lowest BCUT2D eigenvalue weighted by molar-refractivity contribution is -0.158. The molecule has 0 atom stereocenters. The topological polar surface area (TPSA) is 46.5 Å². The molecule has 7 heteroatoms. The van der Waals surface area contributed by atoms with E-state index < -0.39 is 22.9 Å². The van der Waals surface area contributed by atoms with Gasteiger partial charge in [-0.15, -0.1) is 0 Å². The maximum atomic E-state index is 13.3. The molecular formula is C24H24ClF3O3. The molecule has 0 saturated carbocycles. The van der Waals surface area contributed by atoms with Gasteiger partial charge in [0.15, 0.2) is 5.78 Å². The molecule has 0 radical (unpaired) electrons. The average molecular weight is 453 g/mol. The van der Waals surface area contributed by atoms with E-state index in [0.717, 1.165) is 11.6 Å². The first kappa shape index (κ1) is 23.4. The van der Waals surface area contributed by atoms with Gasteiger partial charge >= 0.3 is 6.18 Å². The number of aliphatic hydroxyl groups excluding tert-OH is 1. The van der Waals surface area contributed by atoms with Gasteiger partial charge in [0.1, 0.15) is 17.0 Å². The van der Waals surface area contributed by atoms with E-state index in [1.807, 2.05) is 6.92 Å². The zero-order chi connectivity index (χ0) is 23.4. The molecule has 0 amide bonds. The molecule has 166 valence electrons. The van der Waals surface area contributed by atoms with Crippen molar-refractivity contribution in [1.82, 2.24) is 0 Å². The van der Waals surface area contributed by atoms with Crippen LogP contribution in [0.3, 0.4) is 0 Å². The minimum absolute atomic E-state index is 0.130. The number of aliphatic hydroxyl groups is 1. The second kappa shape index (κ2) is 7.68. The van der Waals surface area contributed by atoms with E-state index in [2.05, 4.69) is 0 Å². The van der Waals surface area contributed by atoms with Gasteiger partial charge < -0.3 is 9.84 Å². The Morgan fingerprint density at radius 1 is 1.00 bits per heavy atom. The highest BCUT2D eigenvalue weighted by molar-refractivity contribution is 6.31. The van der Waals surface area contributed by atoms with E-state index in [1.165, 1.54) is 12.1 Å². The van der Waals surface area contributed by atoms with Crippen LogP contribution < -0.4 is 0 Å². The molecule has 3 rings (SSSR count). The molecule has 1 aliphatic rings. The van der Waals surface area contributed by atoms with Crippen molar-refractivity contribution in [2.75, 3.05) is 0 Å². The Labute approximate surface area is 184 Å². The summed E-state index contributed by atoms with van der Waals surface area (Å²) in [5.41, 5.74) is -1.02. The lowest BCUT2D eigenvalue weighted by atomic mass is 9.80. The van der Waals surface area contributed by atoms with Gasteiger partial charge in [-0.2, -0.15) is 13.2 Å². The SMILES string of the molecule is CCc1ccc(-c2ccc(Cl)c(C(F)(F)F)c2)cc1C1=C(O)C(C)(C)OC(C)(C)C1=O. The standard InChI is InChI=1S/C24H24ClF3O3/c1-6-13-7-8-14(15-9-10-18(25)17(12-15)24(26,27)28)11-16(13)19-20(29)22(2,3)31-23(4,5)21(19)30/h7-12,29H,6H2,1-5H3. The van der Waals surface area contributed by atoms with Gasteiger partial charge in [0.2, 0.25) is 0 Å². The number of halogens is 4. The fourth-order valence-corrected chi connectivity index (χ4v) is 4.14. The Hall–Kier alpha value is -2.31. The maximum absolute atomic E-state index is 13.3. The molecule has 2 aromatic rings. The molecule has 0 fully saturated rings. The van der Waals surface area contributed by atoms with Crippen LogP contribution in [0.5, 0.6) is 0 Å². The van der Waals surface area contributed by atoms with E-state index in [1.54, 1.807) is 45.9 Å². The third-order valence-corrected chi connectivity index (χ3v) is 5.79. The summed E-state index contributed by atoms with van der Waals surface area (Å²) >= 11 is 5.75. The van der Waals surface area contributed by atoms with Gasteiger partial charge in [0.25, 0.3) is 0 Å². The molecule has 0 spiro atoms. The molecule has 0 unspecified atom stereocenters. The zero-order valence-electron chi connectivity index (χ0n) is 17.9. The second-order valence-corrected chi connectivity index (χ2v) is 9.00. The van der Waals surface area contributed by atoms with Crippen LogP contribution in [0.2, 0.25) is 5.02 Å². The van der Waals surface area contributed by atoms with Crippen molar-refractivity contribution in [3.63, 3.8) is 0 Å². The van der Waals surface area contributed by atoms with Crippen molar-refractivity contribution in [2.45, 2.75) is 58.4 Å². The number of ketones is 1. The van der Waals surface area contributed by atoms with Gasteiger partial charge in [0, 0.05) is 0 Å². The Kier molecular flexibility index (Phi) is 5.78. The lowest BCUT2D eigenvalue weighted by Gasteiger charge is -2.40. The van der Waals surface area contributed by atoms with E-state index >= 15 is 0 Å². The molecule has 0 aliphatic carbocycles. The lowest BCUT2D eigenvalue weighted by Crippen LogP contribution is -2.49. The van der Waals surface area contributed by atoms with Crippen molar-refractivity contribution < 1.29 is 27.8 Å². The smallest absolute Gasteiger partial charge is 0.417 e.